The molecule has 0 fully saturated rings. The molecule has 2 aromatic carbocycles. The van der Waals surface area contributed by atoms with Gasteiger partial charge in [-0.25, -0.2) is 0 Å². The molecule has 4 heteroatoms. The molecule has 0 atom stereocenters. The van der Waals surface area contributed by atoms with Crippen LogP contribution in [0.1, 0.15) is 45.5 Å². The van der Waals surface area contributed by atoms with Gasteiger partial charge in [0.05, 0.1) is 5.69 Å². The summed E-state index contributed by atoms with van der Waals surface area (Å²) in [6.07, 6.45) is 3.25. The number of benzene rings is 2. The van der Waals surface area contributed by atoms with Crippen LogP contribution in [0.4, 0.5) is 11.4 Å². The lowest BCUT2D eigenvalue weighted by Crippen LogP contribution is -2.39. The molecule has 2 heterocycles. The van der Waals surface area contributed by atoms with E-state index in [-0.39, 0.29) is 11.8 Å². The summed E-state index contributed by atoms with van der Waals surface area (Å²) >= 11 is 0. The number of carbonyl (C=O) groups is 2. The van der Waals surface area contributed by atoms with Crippen molar-refractivity contribution in [2.45, 2.75) is 39.5 Å². The molecular formula is C21H22N2O2. The number of hydrogen-bond acceptors (Lipinski definition) is 2. The van der Waals surface area contributed by atoms with Crippen LogP contribution in [-0.2, 0) is 17.6 Å². The number of nitrogens with one attached hydrogen (secondary N) is 1. The van der Waals surface area contributed by atoms with E-state index in [0.717, 1.165) is 48.3 Å². The maximum Gasteiger partial charge on any atom is 0.255 e. The van der Waals surface area contributed by atoms with Crippen LogP contribution < -0.4 is 10.2 Å². The summed E-state index contributed by atoms with van der Waals surface area (Å²) in [4.78, 5) is 26.7. The highest BCUT2D eigenvalue weighted by molar-refractivity contribution is 6.05. The minimum Gasteiger partial charge on any atom is -0.322 e. The van der Waals surface area contributed by atoms with Crippen molar-refractivity contribution in [3.8, 4) is 0 Å². The van der Waals surface area contributed by atoms with Crippen molar-refractivity contribution in [1.29, 1.82) is 0 Å². The lowest BCUT2D eigenvalue weighted by molar-refractivity contribution is -0.119. The average Bonchev–Trinajstić information content (AvgIpc) is 2.57. The predicted molar refractivity (Wildman–Crippen MR) is 99.3 cm³/mol. The van der Waals surface area contributed by atoms with E-state index >= 15 is 0 Å². The maximum atomic E-state index is 12.6. The topological polar surface area (TPSA) is 49.4 Å². The minimum atomic E-state index is -0.0847. The molecule has 0 bridgehead atoms. The van der Waals surface area contributed by atoms with E-state index in [1.807, 2.05) is 43.0 Å². The van der Waals surface area contributed by atoms with Crippen molar-refractivity contribution in [2.75, 3.05) is 16.8 Å². The zero-order valence-corrected chi connectivity index (χ0v) is 14.7. The van der Waals surface area contributed by atoms with Gasteiger partial charge in [-0.05, 0) is 68.5 Å². The second-order valence-corrected chi connectivity index (χ2v) is 7.12. The number of anilines is 2. The van der Waals surface area contributed by atoms with Crippen LogP contribution in [0.25, 0.3) is 0 Å². The molecule has 0 radical (unpaired) electrons. The quantitative estimate of drug-likeness (QED) is 0.908. The summed E-state index contributed by atoms with van der Waals surface area (Å²) in [5, 5.41) is 3.05. The SMILES string of the molecule is Cc1cc(C)cc(C(=O)Nc2cc3c4c(c2)CCC(=O)N4CCC3)c1. The summed E-state index contributed by atoms with van der Waals surface area (Å²) in [7, 11) is 0. The number of aryl methyl sites for hydroxylation is 4. The molecule has 0 saturated carbocycles. The lowest BCUT2D eigenvalue weighted by Gasteiger charge is -2.35. The van der Waals surface area contributed by atoms with Crippen molar-refractivity contribution >= 4 is 23.2 Å². The largest absolute Gasteiger partial charge is 0.322 e. The van der Waals surface area contributed by atoms with E-state index < -0.39 is 0 Å². The average molecular weight is 334 g/mol. The van der Waals surface area contributed by atoms with Gasteiger partial charge in [0.25, 0.3) is 5.91 Å². The summed E-state index contributed by atoms with van der Waals surface area (Å²) in [6.45, 7) is 4.81. The van der Waals surface area contributed by atoms with Gasteiger partial charge in [-0.2, -0.15) is 0 Å². The van der Waals surface area contributed by atoms with Crippen LogP contribution in [0.15, 0.2) is 30.3 Å². The molecule has 0 saturated heterocycles. The highest BCUT2D eigenvalue weighted by Gasteiger charge is 2.29. The van der Waals surface area contributed by atoms with Gasteiger partial charge in [-0.15, -0.1) is 0 Å². The van der Waals surface area contributed by atoms with E-state index in [2.05, 4.69) is 11.4 Å². The Morgan fingerprint density at radius 2 is 1.64 bits per heavy atom. The third kappa shape index (κ3) is 2.93. The van der Waals surface area contributed by atoms with Gasteiger partial charge in [-0.3, -0.25) is 9.59 Å². The van der Waals surface area contributed by atoms with E-state index in [4.69, 9.17) is 0 Å². The van der Waals surface area contributed by atoms with Gasteiger partial charge in [0.15, 0.2) is 0 Å². The van der Waals surface area contributed by atoms with Crippen LogP contribution in [0.2, 0.25) is 0 Å². The van der Waals surface area contributed by atoms with Crippen LogP contribution in [0.5, 0.6) is 0 Å². The number of rotatable bonds is 2. The van der Waals surface area contributed by atoms with Crippen molar-refractivity contribution in [3.63, 3.8) is 0 Å². The summed E-state index contributed by atoms with van der Waals surface area (Å²) < 4.78 is 0. The molecule has 2 aliphatic heterocycles. The van der Waals surface area contributed by atoms with E-state index in [1.54, 1.807) is 0 Å². The Labute approximate surface area is 147 Å². The van der Waals surface area contributed by atoms with E-state index in [1.165, 1.54) is 11.1 Å². The maximum absolute atomic E-state index is 12.6. The molecule has 1 N–H and O–H groups in total. The molecule has 0 unspecified atom stereocenters. The molecule has 2 amide bonds. The molecule has 128 valence electrons. The van der Waals surface area contributed by atoms with Crippen LogP contribution in [0, 0.1) is 13.8 Å². The Morgan fingerprint density at radius 3 is 2.36 bits per heavy atom. The van der Waals surface area contributed by atoms with Crippen LogP contribution in [-0.4, -0.2) is 18.4 Å². The second-order valence-electron chi connectivity index (χ2n) is 7.12. The van der Waals surface area contributed by atoms with Crippen LogP contribution >= 0.6 is 0 Å². The van der Waals surface area contributed by atoms with Gasteiger partial charge >= 0.3 is 0 Å². The molecule has 0 spiro atoms. The normalized spacial score (nSPS) is 15.8. The van der Waals surface area contributed by atoms with Gasteiger partial charge in [0, 0.05) is 24.2 Å². The Hall–Kier alpha value is -2.62. The monoisotopic (exact) mass is 334 g/mol. The van der Waals surface area contributed by atoms with Crippen molar-refractivity contribution < 1.29 is 9.59 Å². The highest BCUT2D eigenvalue weighted by atomic mass is 16.2. The third-order valence-electron chi connectivity index (χ3n) is 5.02. The van der Waals surface area contributed by atoms with Gasteiger partial charge < -0.3 is 10.2 Å². The highest BCUT2D eigenvalue weighted by Crippen LogP contribution is 2.37. The fraction of sp³-hybridized carbons (Fsp3) is 0.333. The fourth-order valence-electron chi connectivity index (χ4n) is 4.03. The lowest BCUT2D eigenvalue weighted by atomic mass is 9.91. The molecule has 0 aliphatic carbocycles. The molecule has 25 heavy (non-hydrogen) atoms. The molecule has 4 rings (SSSR count). The van der Waals surface area contributed by atoms with E-state index in [0.29, 0.717) is 12.0 Å². The zero-order valence-electron chi connectivity index (χ0n) is 14.7. The third-order valence-corrected chi connectivity index (χ3v) is 5.02. The Bertz CT molecular complexity index is 848. The number of hydrogen-bond donors (Lipinski definition) is 1. The van der Waals surface area contributed by atoms with Gasteiger partial charge in [0.1, 0.15) is 0 Å². The first-order valence-electron chi connectivity index (χ1n) is 8.87. The number of nitrogens with zero attached hydrogens (tertiary/aromatic N) is 1. The summed E-state index contributed by atoms with van der Waals surface area (Å²) in [5.41, 5.74) is 7.11. The van der Waals surface area contributed by atoms with Crippen molar-refractivity contribution in [1.82, 2.24) is 0 Å². The molecule has 2 aromatic rings. The molecular weight excluding hydrogens is 312 g/mol. The first-order chi connectivity index (χ1) is 12.0. The van der Waals surface area contributed by atoms with E-state index in [9.17, 15) is 9.59 Å². The summed E-state index contributed by atoms with van der Waals surface area (Å²) in [6, 6.07) is 9.94. The zero-order chi connectivity index (χ0) is 17.6. The van der Waals surface area contributed by atoms with Gasteiger partial charge in [0.2, 0.25) is 5.91 Å². The smallest absolute Gasteiger partial charge is 0.255 e. The minimum absolute atomic E-state index is 0.0847. The first kappa shape index (κ1) is 15.9. The Kier molecular flexibility index (Phi) is 3.83. The Morgan fingerprint density at radius 1 is 0.960 bits per heavy atom. The fourth-order valence-corrected chi connectivity index (χ4v) is 4.03. The first-order valence-corrected chi connectivity index (χ1v) is 8.87. The van der Waals surface area contributed by atoms with Gasteiger partial charge in [-0.1, -0.05) is 17.2 Å². The predicted octanol–water partition coefficient (Wildman–Crippen LogP) is 3.78. The summed E-state index contributed by atoms with van der Waals surface area (Å²) in [5.74, 6) is 0.138. The number of amides is 2. The molecule has 0 aromatic heterocycles. The molecule has 2 aliphatic rings. The van der Waals surface area contributed by atoms with Crippen molar-refractivity contribution in [3.05, 3.63) is 58.1 Å². The van der Waals surface area contributed by atoms with Crippen LogP contribution in [0.3, 0.4) is 0 Å². The standard InChI is InChI=1S/C21H22N2O2/c1-13-8-14(2)10-17(9-13)21(25)22-18-11-15-4-3-7-23-19(24)6-5-16(12-18)20(15)23/h8-12H,3-7H2,1-2H3,(H,22,25). The van der Waals surface area contributed by atoms with Crippen molar-refractivity contribution in [2.24, 2.45) is 0 Å². The second kappa shape index (κ2) is 6.03. The number of carbonyl (C=O) groups excluding carboxylic acids is 2. The molecule has 4 nitrogen and oxygen atoms in total. The Balaban J connectivity index is 1.66.